The van der Waals surface area contributed by atoms with Crippen LogP contribution in [0.4, 0.5) is 17.6 Å². The Morgan fingerprint density at radius 3 is 2.50 bits per heavy atom. The lowest BCUT2D eigenvalue weighted by atomic mass is 10.1. The molecule has 1 aromatic rings. The highest BCUT2D eigenvalue weighted by atomic mass is 19.4. The Labute approximate surface area is 101 Å². The van der Waals surface area contributed by atoms with Gasteiger partial charge in [-0.25, -0.2) is 4.39 Å². The van der Waals surface area contributed by atoms with Crippen molar-refractivity contribution in [2.45, 2.75) is 6.18 Å². The highest BCUT2D eigenvalue weighted by molar-refractivity contribution is 5.94. The molecule has 0 atom stereocenters. The third-order valence-corrected chi connectivity index (χ3v) is 2.35. The summed E-state index contributed by atoms with van der Waals surface area (Å²) in [6.45, 7) is 0.275. The molecule has 18 heavy (non-hydrogen) atoms. The van der Waals surface area contributed by atoms with Crippen molar-refractivity contribution in [3.63, 3.8) is 0 Å². The number of carbonyl (C=O) groups excluding carboxylic acids is 1. The number of amides is 1. The molecule has 1 rings (SSSR count). The molecule has 0 aromatic heterocycles. The number of nitrogens with two attached hydrogens (primary N) is 1. The predicted octanol–water partition coefficient (Wildman–Crippen LogP) is 1.88. The van der Waals surface area contributed by atoms with Crippen LogP contribution in [0.5, 0.6) is 0 Å². The molecule has 1 aromatic carbocycles. The number of hydrogen-bond donors (Lipinski definition) is 1. The Morgan fingerprint density at radius 1 is 1.39 bits per heavy atom. The fourth-order valence-electron chi connectivity index (χ4n) is 1.42. The van der Waals surface area contributed by atoms with E-state index in [1.807, 2.05) is 0 Å². The average Bonchev–Trinajstić information content (AvgIpc) is 2.27. The first kappa shape index (κ1) is 14.4. The molecule has 0 fully saturated rings. The van der Waals surface area contributed by atoms with Crippen LogP contribution < -0.4 is 5.73 Å². The first-order valence-electron chi connectivity index (χ1n) is 5.10. The summed E-state index contributed by atoms with van der Waals surface area (Å²) in [5.74, 6) is -2.39. The zero-order valence-corrected chi connectivity index (χ0v) is 9.59. The van der Waals surface area contributed by atoms with E-state index in [2.05, 4.69) is 0 Å². The summed E-state index contributed by atoms with van der Waals surface area (Å²) >= 11 is 0. The topological polar surface area (TPSA) is 46.3 Å². The van der Waals surface area contributed by atoms with Gasteiger partial charge in [-0.3, -0.25) is 4.79 Å². The molecule has 0 radical (unpaired) electrons. The van der Waals surface area contributed by atoms with E-state index in [-0.39, 0.29) is 13.1 Å². The molecule has 0 bridgehead atoms. The van der Waals surface area contributed by atoms with Crippen molar-refractivity contribution in [2.75, 3.05) is 20.1 Å². The number of nitrogens with zero attached hydrogens (tertiary/aromatic N) is 1. The van der Waals surface area contributed by atoms with E-state index in [4.69, 9.17) is 5.73 Å². The number of halogens is 4. The minimum atomic E-state index is -4.83. The van der Waals surface area contributed by atoms with Gasteiger partial charge >= 0.3 is 6.18 Å². The normalized spacial score (nSPS) is 11.4. The summed E-state index contributed by atoms with van der Waals surface area (Å²) in [5.41, 5.74) is 3.15. The van der Waals surface area contributed by atoms with Crippen molar-refractivity contribution in [3.8, 4) is 0 Å². The Balaban J connectivity index is 3.15. The Bertz CT molecular complexity index is 445. The molecule has 0 spiro atoms. The maximum atomic E-state index is 13.6. The third kappa shape index (κ3) is 2.98. The summed E-state index contributed by atoms with van der Waals surface area (Å²) in [6, 6.07) is 2.60. The molecule has 0 saturated carbocycles. The van der Waals surface area contributed by atoms with Gasteiger partial charge in [0.2, 0.25) is 0 Å². The van der Waals surface area contributed by atoms with Crippen LogP contribution in [0.2, 0.25) is 0 Å². The third-order valence-electron chi connectivity index (χ3n) is 2.35. The van der Waals surface area contributed by atoms with Gasteiger partial charge in [-0.15, -0.1) is 0 Å². The molecule has 1 amide bonds. The SMILES string of the molecule is CN(CCN)C(=O)c1cccc(C(F)(F)F)c1F. The quantitative estimate of drug-likeness (QED) is 0.847. The number of rotatable bonds is 3. The molecule has 100 valence electrons. The van der Waals surface area contributed by atoms with Crippen LogP contribution >= 0.6 is 0 Å². The summed E-state index contributed by atoms with van der Waals surface area (Å²) in [7, 11) is 1.34. The summed E-state index contributed by atoms with van der Waals surface area (Å²) < 4.78 is 51.0. The number of carbonyl (C=O) groups is 1. The molecule has 7 heteroatoms. The van der Waals surface area contributed by atoms with Crippen molar-refractivity contribution >= 4 is 5.91 Å². The number of benzene rings is 1. The van der Waals surface area contributed by atoms with Gasteiger partial charge in [0.15, 0.2) is 0 Å². The van der Waals surface area contributed by atoms with Crippen LogP contribution in [0.3, 0.4) is 0 Å². The van der Waals surface area contributed by atoms with Crippen molar-refractivity contribution < 1.29 is 22.4 Å². The van der Waals surface area contributed by atoms with Crippen molar-refractivity contribution in [1.29, 1.82) is 0 Å². The fourth-order valence-corrected chi connectivity index (χ4v) is 1.42. The smallest absolute Gasteiger partial charge is 0.340 e. The standard InChI is InChI=1S/C11H12F4N2O/c1-17(6-5-16)10(18)7-3-2-4-8(9(7)12)11(13,14)15/h2-4H,5-6,16H2,1H3. The highest BCUT2D eigenvalue weighted by Gasteiger charge is 2.35. The van der Waals surface area contributed by atoms with E-state index in [0.29, 0.717) is 6.07 Å². The first-order chi connectivity index (χ1) is 8.29. The maximum absolute atomic E-state index is 13.6. The lowest BCUT2D eigenvalue weighted by Gasteiger charge is -2.17. The minimum Gasteiger partial charge on any atom is -0.340 e. The first-order valence-corrected chi connectivity index (χ1v) is 5.10. The van der Waals surface area contributed by atoms with Gasteiger partial charge in [0, 0.05) is 20.1 Å². The lowest BCUT2D eigenvalue weighted by Crippen LogP contribution is -2.32. The summed E-state index contributed by atoms with van der Waals surface area (Å²) in [4.78, 5) is 12.8. The summed E-state index contributed by atoms with van der Waals surface area (Å²) in [5, 5.41) is 0. The van der Waals surface area contributed by atoms with Gasteiger partial charge in [0.25, 0.3) is 5.91 Å². The van der Waals surface area contributed by atoms with Crippen molar-refractivity contribution in [2.24, 2.45) is 5.73 Å². The van der Waals surface area contributed by atoms with Crippen LogP contribution in [0.15, 0.2) is 18.2 Å². The van der Waals surface area contributed by atoms with E-state index in [0.717, 1.165) is 17.0 Å². The van der Waals surface area contributed by atoms with Gasteiger partial charge < -0.3 is 10.6 Å². The number of alkyl halides is 3. The van der Waals surface area contributed by atoms with Gasteiger partial charge in [-0.1, -0.05) is 6.07 Å². The van der Waals surface area contributed by atoms with Crippen molar-refractivity contribution in [3.05, 3.63) is 35.1 Å². The van der Waals surface area contributed by atoms with Crippen LogP contribution in [0.25, 0.3) is 0 Å². The van der Waals surface area contributed by atoms with E-state index < -0.39 is 29.0 Å². The van der Waals surface area contributed by atoms with Gasteiger partial charge in [0.1, 0.15) is 5.82 Å². The second kappa shape index (κ2) is 5.34. The molecular formula is C11H12F4N2O. The Kier molecular flexibility index (Phi) is 4.28. The Morgan fingerprint density at radius 2 is 2.00 bits per heavy atom. The molecule has 0 heterocycles. The highest BCUT2D eigenvalue weighted by Crippen LogP contribution is 2.32. The Hall–Kier alpha value is -1.63. The van der Waals surface area contributed by atoms with Crippen LogP contribution in [-0.4, -0.2) is 30.9 Å². The van der Waals surface area contributed by atoms with E-state index in [9.17, 15) is 22.4 Å². The molecule has 0 unspecified atom stereocenters. The van der Waals surface area contributed by atoms with E-state index in [1.165, 1.54) is 7.05 Å². The predicted molar refractivity (Wildman–Crippen MR) is 57.4 cm³/mol. The van der Waals surface area contributed by atoms with E-state index in [1.54, 1.807) is 0 Å². The molecule has 2 N–H and O–H groups in total. The molecule has 3 nitrogen and oxygen atoms in total. The molecule has 0 saturated heterocycles. The zero-order chi connectivity index (χ0) is 13.9. The summed E-state index contributed by atoms with van der Waals surface area (Å²) in [6.07, 6.45) is -4.83. The minimum absolute atomic E-state index is 0.133. The molecular weight excluding hydrogens is 252 g/mol. The average molecular weight is 264 g/mol. The number of likely N-dealkylation sites (N-methyl/N-ethyl adjacent to an activating group) is 1. The van der Waals surface area contributed by atoms with Crippen LogP contribution in [0.1, 0.15) is 15.9 Å². The zero-order valence-electron chi connectivity index (χ0n) is 9.59. The van der Waals surface area contributed by atoms with Gasteiger partial charge in [0.05, 0.1) is 11.1 Å². The second-order valence-electron chi connectivity index (χ2n) is 3.68. The van der Waals surface area contributed by atoms with Crippen molar-refractivity contribution in [1.82, 2.24) is 4.90 Å². The monoisotopic (exact) mass is 264 g/mol. The van der Waals surface area contributed by atoms with Crippen LogP contribution in [-0.2, 0) is 6.18 Å². The number of hydrogen-bond acceptors (Lipinski definition) is 2. The maximum Gasteiger partial charge on any atom is 0.419 e. The van der Waals surface area contributed by atoms with Gasteiger partial charge in [-0.2, -0.15) is 13.2 Å². The molecule has 0 aliphatic carbocycles. The van der Waals surface area contributed by atoms with E-state index >= 15 is 0 Å². The lowest BCUT2D eigenvalue weighted by molar-refractivity contribution is -0.140. The largest absolute Gasteiger partial charge is 0.419 e. The van der Waals surface area contributed by atoms with Gasteiger partial charge in [-0.05, 0) is 12.1 Å². The molecule has 0 aliphatic rings. The second-order valence-corrected chi connectivity index (χ2v) is 3.68. The fraction of sp³-hybridized carbons (Fsp3) is 0.364. The molecule has 0 aliphatic heterocycles. The van der Waals surface area contributed by atoms with Crippen LogP contribution in [0, 0.1) is 5.82 Å².